The van der Waals surface area contributed by atoms with Crippen LogP contribution in [0.2, 0.25) is 0 Å². The third kappa shape index (κ3) is 7.74. The van der Waals surface area contributed by atoms with Crippen molar-refractivity contribution >= 4 is 12.2 Å². The number of ether oxygens (including phenoxy) is 4. The first-order valence-electron chi connectivity index (χ1n) is 9.34. The Morgan fingerprint density at radius 3 is 2.43 bits per heavy atom. The lowest BCUT2D eigenvalue weighted by molar-refractivity contribution is -0.0767. The molecule has 8 heteroatoms. The second-order valence-corrected chi connectivity index (χ2v) is 7.74. The fourth-order valence-electron chi connectivity index (χ4n) is 3.00. The van der Waals surface area contributed by atoms with Crippen LogP contribution in [0.15, 0.2) is 30.3 Å². The van der Waals surface area contributed by atoms with Crippen LogP contribution in [0.5, 0.6) is 0 Å². The number of carbonyl (C=O) groups excluding carboxylic acids is 2. The number of nitrogens with one attached hydrogen (secondary N) is 2. The maximum atomic E-state index is 12.2. The molecule has 0 heterocycles. The minimum absolute atomic E-state index is 0.0983. The largest absolute Gasteiger partial charge is 0.445 e. The SMILES string of the molecule is COCO[C@H]1C[C@@H](NC(=O)OC(C)(C)C)C[C@H]1NC(=O)OCc1ccccc1. The summed E-state index contributed by atoms with van der Waals surface area (Å²) in [5.41, 5.74) is 0.328. The highest BCUT2D eigenvalue weighted by Crippen LogP contribution is 2.24. The van der Waals surface area contributed by atoms with Gasteiger partial charge in [-0.1, -0.05) is 30.3 Å². The smallest absolute Gasteiger partial charge is 0.407 e. The molecule has 1 aliphatic rings. The molecule has 3 atom stereocenters. The van der Waals surface area contributed by atoms with Gasteiger partial charge in [0.2, 0.25) is 0 Å². The van der Waals surface area contributed by atoms with Crippen molar-refractivity contribution in [1.29, 1.82) is 0 Å². The summed E-state index contributed by atoms with van der Waals surface area (Å²) in [6.45, 7) is 5.69. The number of hydrogen-bond acceptors (Lipinski definition) is 6. The van der Waals surface area contributed by atoms with E-state index in [0.717, 1.165) is 5.56 Å². The third-order valence-corrected chi connectivity index (χ3v) is 4.14. The average Bonchev–Trinajstić information content (AvgIpc) is 2.98. The van der Waals surface area contributed by atoms with Crippen molar-refractivity contribution in [3.63, 3.8) is 0 Å². The molecule has 2 amide bonds. The summed E-state index contributed by atoms with van der Waals surface area (Å²) in [6, 6.07) is 8.94. The Kier molecular flexibility index (Phi) is 8.07. The minimum atomic E-state index is -0.576. The molecule has 1 aromatic rings. The van der Waals surface area contributed by atoms with Crippen LogP contribution in [0.25, 0.3) is 0 Å². The molecule has 0 spiro atoms. The molecule has 0 unspecified atom stereocenters. The third-order valence-electron chi connectivity index (χ3n) is 4.14. The van der Waals surface area contributed by atoms with Crippen molar-refractivity contribution < 1.29 is 28.5 Å². The molecular weight excluding hydrogens is 364 g/mol. The van der Waals surface area contributed by atoms with Gasteiger partial charge in [-0.05, 0) is 39.2 Å². The molecule has 0 radical (unpaired) electrons. The van der Waals surface area contributed by atoms with Gasteiger partial charge in [-0.15, -0.1) is 0 Å². The van der Waals surface area contributed by atoms with E-state index in [9.17, 15) is 9.59 Å². The lowest BCUT2D eigenvalue weighted by atomic mass is 10.2. The van der Waals surface area contributed by atoms with Crippen LogP contribution < -0.4 is 10.6 Å². The molecule has 2 N–H and O–H groups in total. The van der Waals surface area contributed by atoms with E-state index in [0.29, 0.717) is 12.8 Å². The zero-order valence-electron chi connectivity index (χ0n) is 16.9. The highest BCUT2D eigenvalue weighted by atomic mass is 16.7. The van der Waals surface area contributed by atoms with E-state index in [1.54, 1.807) is 20.8 Å². The van der Waals surface area contributed by atoms with Crippen molar-refractivity contribution in [2.75, 3.05) is 13.9 Å². The van der Waals surface area contributed by atoms with Crippen molar-refractivity contribution in [2.24, 2.45) is 0 Å². The fourth-order valence-corrected chi connectivity index (χ4v) is 3.00. The van der Waals surface area contributed by atoms with Crippen LogP contribution in [0.3, 0.4) is 0 Å². The van der Waals surface area contributed by atoms with Crippen LogP contribution in [0, 0.1) is 0 Å². The summed E-state index contributed by atoms with van der Waals surface area (Å²) in [6.07, 6.45) is -0.280. The molecule has 1 fully saturated rings. The quantitative estimate of drug-likeness (QED) is 0.691. The van der Waals surface area contributed by atoms with Gasteiger partial charge in [0, 0.05) is 13.2 Å². The highest BCUT2D eigenvalue weighted by Gasteiger charge is 2.37. The number of hydrogen-bond donors (Lipinski definition) is 2. The summed E-state index contributed by atoms with van der Waals surface area (Å²) in [5.74, 6) is 0. The average molecular weight is 394 g/mol. The van der Waals surface area contributed by atoms with E-state index in [1.807, 2.05) is 30.3 Å². The van der Waals surface area contributed by atoms with Crippen LogP contribution >= 0.6 is 0 Å². The first-order valence-corrected chi connectivity index (χ1v) is 9.34. The van der Waals surface area contributed by atoms with Gasteiger partial charge in [0.25, 0.3) is 0 Å². The number of amides is 2. The Hall–Kier alpha value is -2.32. The lowest BCUT2D eigenvalue weighted by Gasteiger charge is -2.21. The van der Waals surface area contributed by atoms with Crippen molar-refractivity contribution in [2.45, 2.75) is 64.0 Å². The minimum Gasteiger partial charge on any atom is -0.445 e. The summed E-state index contributed by atoms with van der Waals surface area (Å²) >= 11 is 0. The summed E-state index contributed by atoms with van der Waals surface area (Å²) in [7, 11) is 1.53. The van der Waals surface area contributed by atoms with Crippen molar-refractivity contribution in [1.82, 2.24) is 10.6 Å². The van der Waals surface area contributed by atoms with Crippen LogP contribution in [-0.2, 0) is 25.6 Å². The van der Waals surface area contributed by atoms with Gasteiger partial charge in [-0.25, -0.2) is 9.59 Å². The number of benzene rings is 1. The Labute approximate surface area is 165 Å². The molecule has 0 aliphatic heterocycles. The maximum absolute atomic E-state index is 12.2. The van der Waals surface area contributed by atoms with Gasteiger partial charge in [-0.2, -0.15) is 0 Å². The number of alkyl carbamates (subject to hydrolysis) is 2. The van der Waals surface area contributed by atoms with Gasteiger partial charge >= 0.3 is 12.2 Å². The molecule has 0 saturated heterocycles. The monoisotopic (exact) mass is 394 g/mol. The van der Waals surface area contributed by atoms with E-state index in [1.165, 1.54) is 7.11 Å². The zero-order chi connectivity index (χ0) is 20.6. The van der Waals surface area contributed by atoms with Crippen LogP contribution in [0.1, 0.15) is 39.2 Å². The second kappa shape index (κ2) is 10.3. The van der Waals surface area contributed by atoms with E-state index in [2.05, 4.69) is 10.6 Å². The molecule has 0 aromatic heterocycles. The van der Waals surface area contributed by atoms with Crippen LogP contribution in [0.4, 0.5) is 9.59 Å². The number of carbonyl (C=O) groups is 2. The molecule has 1 aliphatic carbocycles. The van der Waals surface area contributed by atoms with Gasteiger partial charge in [0.05, 0.1) is 12.1 Å². The highest BCUT2D eigenvalue weighted by molar-refractivity contribution is 5.69. The Balaban J connectivity index is 1.86. The normalized spacial score (nSPS) is 21.8. The summed E-state index contributed by atoms with van der Waals surface area (Å²) in [4.78, 5) is 24.2. The summed E-state index contributed by atoms with van der Waals surface area (Å²) in [5, 5.41) is 5.65. The lowest BCUT2D eigenvalue weighted by Crippen LogP contribution is -2.42. The molecule has 2 rings (SSSR count). The molecule has 1 aromatic carbocycles. The Bertz CT molecular complexity index is 631. The molecule has 8 nitrogen and oxygen atoms in total. The van der Waals surface area contributed by atoms with Crippen molar-refractivity contribution in [3.05, 3.63) is 35.9 Å². The molecule has 1 saturated carbocycles. The van der Waals surface area contributed by atoms with Gasteiger partial charge in [0.15, 0.2) is 0 Å². The first-order chi connectivity index (χ1) is 13.3. The maximum Gasteiger partial charge on any atom is 0.407 e. The first kappa shape index (κ1) is 22.0. The standard InChI is InChI=1S/C20H30N2O6/c1-20(2,3)28-19(24)21-15-10-16(17(11-15)27-13-25-4)22-18(23)26-12-14-8-6-5-7-9-14/h5-9,15-17H,10-13H2,1-4H3,(H,21,24)(H,22,23)/t15-,16+,17-/m0/s1. The molecule has 0 bridgehead atoms. The van der Waals surface area contributed by atoms with E-state index in [4.69, 9.17) is 18.9 Å². The molecular formula is C20H30N2O6. The fraction of sp³-hybridized carbons (Fsp3) is 0.600. The van der Waals surface area contributed by atoms with Gasteiger partial charge < -0.3 is 29.6 Å². The van der Waals surface area contributed by atoms with E-state index < -0.39 is 17.8 Å². The Morgan fingerprint density at radius 2 is 1.79 bits per heavy atom. The van der Waals surface area contributed by atoms with Crippen molar-refractivity contribution in [3.8, 4) is 0 Å². The van der Waals surface area contributed by atoms with Crippen LogP contribution in [-0.4, -0.2) is 49.9 Å². The Morgan fingerprint density at radius 1 is 1.07 bits per heavy atom. The summed E-state index contributed by atoms with van der Waals surface area (Å²) < 4.78 is 21.2. The number of rotatable bonds is 7. The predicted molar refractivity (Wildman–Crippen MR) is 103 cm³/mol. The predicted octanol–water partition coefficient (Wildman–Crippen LogP) is 2.96. The zero-order valence-corrected chi connectivity index (χ0v) is 16.9. The topological polar surface area (TPSA) is 95.1 Å². The number of methoxy groups -OCH3 is 1. The van der Waals surface area contributed by atoms with E-state index >= 15 is 0 Å². The molecule has 28 heavy (non-hydrogen) atoms. The van der Waals surface area contributed by atoms with Gasteiger partial charge in [0.1, 0.15) is 19.0 Å². The van der Waals surface area contributed by atoms with Gasteiger partial charge in [-0.3, -0.25) is 0 Å². The van der Waals surface area contributed by atoms with E-state index in [-0.39, 0.29) is 31.6 Å². The molecule has 156 valence electrons. The second-order valence-electron chi connectivity index (χ2n) is 7.74.